The summed E-state index contributed by atoms with van der Waals surface area (Å²) in [6.07, 6.45) is 5.74. The molecule has 1 amide bonds. The van der Waals surface area contributed by atoms with E-state index in [1.165, 1.54) is 42.0 Å². The zero-order chi connectivity index (χ0) is 30.5. The average Bonchev–Trinajstić information content (AvgIpc) is 2.97. The van der Waals surface area contributed by atoms with Crippen LogP contribution in [0.5, 0.6) is 0 Å². The summed E-state index contributed by atoms with van der Waals surface area (Å²) < 4.78 is 14.5. The van der Waals surface area contributed by atoms with Crippen molar-refractivity contribution in [3.8, 4) is 11.1 Å². The molecule has 2 N–H and O–H groups in total. The van der Waals surface area contributed by atoms with Gasteiger partial charge in [0.1, 0.15) is 11.0 Å². The highest BCUT2D eigenvalue weighted by Gasteiger charge is 2.18. The number of anilines is 1. The third kappa shape index (κ3) is 9.93. The number of hydrogen-bond donors (Lipinski definition) is 2. The molecule has 1 unspecified atom stereocenters. The Bertz CT molecular complexity index is 1470. The van der Waals surface area contributed by atoms with Gasteiger partial charge in [-0.1, -0.05) is 48.9 Å². The van der Waals surface area contributed by atoms with Crippen LogP contribution >= 0.6 is 0 Å². The molecule has 0 heterocycles. The number of carbonyl (C=O) groups excluding carboxylic acids is 1. The van der Waals surface area contributed by atoms with Gasteiger partial charge in [-0.2, -0.15) is 0 Å². The second-order valence-electron chi connectivity index (χ2n) is 9.12. The van der Waals surface area contributed by atoms with E-state index in [1.54, 1.807) is 41.7 Å². The third-order valence-corrected chi connectivity index (χ3v) is 7.33. The molecule has 0 spiro atoms. The van der Waals surface area contributed by atoms with Gasteiger partial charge in [0.05, 0.1) is 21.1 Å². The van der Waals surface area contributed by atoms with E-state index in [0.717, 1.165) is 12.8 Å². The van der Waals surface area contributed by atoms with Crippen LogP contribution in [-0.2, 0) is 11.0 Å². The maximum Gasteiger partial charge on any atom is 0.337 e. The van der Waals surface area contributed by atoms with E-state index in [9.17, 15) is 29.0 Å². The molecule has 0 saturated heterocycles. The predicted molar refractivity (Wildman–Crippen MR) is 163 cm³/mol. The average molecular weight is 578 g/mol. The maximum absolute atomic E-state index is 12.9. The number of carboxylic acid groups (broad SMARTS) is 1. The number of aromatic carboxylic acids is 1. The summed E-state index contributed by atoms with van der Waals surface area (Å²) in [5.41, 5.74) is 2.18. The van der Waals surface area contributed by atoms with E-state index in [1.807, 2.05) is 26.0 Å². The van der Waals surface area contributed by atoms with Crippen LogP contribution < -0.4 is 5.32 Å². The SMILES string of the molecule is C/C=C/CCN(C)S(=O)c1cccc(C(=O)Nc2ccc(-c3cccc([N+](=O)[O-])c3)cc2C(=O)O)c1.C=C(C)CC. The molecular formula is C31H35N3O6S. The van der Waals surface area contributed by atoms with Crippen LogP contribution in [0.25, 0.3) is 11.1 Å². The number of amides is 1. The highest BCUT2D eigenvalue weighted by molar-refractivity contribution is 7.82. The minimum atomic E-state index is -1.47. The van der Waals surface area contributed by atoms with Crippen LogP contribution in [0.4, 0.5) is 11.4 Å². The van der Waals surface area contributed by atoms with E-state index in [2.05, 4.69) is 18.8 Å². The van der Waals surface area contributed by atoms with Crippen molar-refractivity contribution in [1.29, 1.82) is 0 Å². The number of nitro benzene ring substituents is 1. The van der Waals surface area contributed by atoms with Gasteiger partial charge in [-0.3, -0.25) is 14.9 Å². The van der Waals surface area contributed by atoms with Gasteiger partial charge in [-0.25, -0.2) is 13.3 Å². The summed E-state index contributed by atoms with van der Waals surface area (Å²) in [6, 6.07) is 16.5. The lowest BCUT2D eigenvalue weighted by Gasteiger charge is -2.15. The van der Waals surface area contributed by atoms with Crippen LogP contribution in [0.15, 0.2) is 95.9 Å². The molecule has 216 valence electrons. The number of non-ortho nitro benzene ring substituents is 1. The highest BCUT2D eigenvalue weighted by Crippen LogP contribution is 2.28. The number of benzene rings is 3. The molecule has 0 aliphatic heterocycles. The monoisotopic (exact) mass is 577 g/mol. The van der Waals surface area contributed by atoms with E-state index in [0.29, 0.717) is 22.6 Å². The lowest BCUT2D eigenvalue weighted by atomic mass is 10.0. The largest absolute Gasteiger partial charge is 0.478 e. The topological polar surface area (TPSA) is 130 Å². The molecule has 0 bridgehead atoms. The summed E-state index contributed by atoms with van der Waals surface area (Å²) in [5.74, 6) is -1.83. The van der Waals surface area contributed by atoms with Crippen LogP contribution in [0.3, 0.4) is 0 Å². The molecular weight excluding hydrogens is 542 g/mol. The summed E-state index contributed by atoms with van der Waals surface area (Å²) in [7, 11) is 0.262. The number of nitrogens with zero attached hydrogens (tertiary/aromatic N) is 2. The third-order valence-electron chi connectivity index (χ3n) is 5.92. The van der Waals surface area contributed by atoms with Crippen molar-refractivity contribution in [3.63, 3.8) is 0 Å². The minimum absolute atomic E-state index is 0.0664. The van der Waals surface area contributed by atoms with Crippen molar-refractivity contribution >= 4 is 34.2 Å². The fraction of sp³-hybridized carbons (Fsp3) is 0.226. The molecule has 1 atom stereocenters. The predicted octanol–water partition coefficient (Wildman–Crippen LogP) is 7.11. The molecule has 0 fully saturated rings. The number of rotatable bonds is 11. The van der Waals surface area contributed by atoms with Gasteiger partial charge in [0.25, 0.3) is 11.6 Å². The Kier molecular flexibility index (Phi) is 12.8. The number of allylic oxidation sites excluding steroid dienone is 2. The summed E-state index contributed by atoms with van der Waals surface area (Å²) in [5, 5.41) is 23.4. The van der Waals surface area contributed by atoms with Gasteiger partial charge in [0, 0.05) is 31.3 Å². The van der Waals surface area contributed by atoms with Crippen LogP contribution in [-0.4, -0.2) is 44.0 Å². The quantitative estimate of drug-likeness (QED) is 0.142. The van der Waals surface area contributed by atoms with Crippen molar-refractivity contribution in [2.24, 2.45) is 0 Å². The molecule has 3 rings (SSSR count). The van der Waals surface area contributed by atoms with Crippen molar-refractivity contribution in [2.45, 2.75) is 38.5 Å². The molecule has 0 aromatic heterocycles. The Hall–Kier alpha value is -4.41. The van der Waals surface area contributed by atoms with E-state index >= 15 is 0 Å². The molecule has 0 aliphatic rings. The lowest BCUT2D eigenvalue weighted by molar-refractivity contribution is -0.384. The van der Waals surface area contributed by atoms with E-state index < -0.39 is 27.8 Å². The number of nitro groups is 1. The van der Waals surface area contributed by atoms with Gasteiger partial charge >= 0.3 is 5.97 Å². The Balaban J connectivity index is 0.00000108. The zero-order valence-electron chi connectivity index (χ0n) is 23.6. The first kappa shape index (κ1) is 32.8. The molecule has 9 nitrogen and oxygen atoms in total. The molecule has 3 aromatic carbocycles. The number of hydrogen-bond acceptors (Lipinski definition) is 5. The van der Waals surface area contributed by atoms with E-state index in [4.69, 9.17) is 0 Å². The smallest absolute Gasteiger partial charge is 0.337 e. The number of carboxylic acids is 1. The molecule has 3 aromatic rings. The fourth-order valence-corrected chi connectivity index (χ4v) is 4.49. The van der Waals surface area contributed by atoms with Gasteiger partial charge in [0.2, 0.25) is 0 Å². The van der Waals surface area contributed by atoms with Gasteiger partial charge < -0.3 is 10.4 Å². The Morgan fingerprint density at radius 3 is 2.37 bits per heavy atom. The summed E-state index contributed by atoms with van der Waals surface area (Å²) in [4.78, 5) is 35.8. The zero-order valence-corrected chi connectivity index (χ0v) is 24.4. The van der Waals surface area contributed by atoms with Crippen LogP contribution in [0.2, 0.25) is 0 Å². The Labute approximate surface area is 243 Å². The minimum Gasteiger partial charge on any atom is -0.478 e. The highest BCUT2D eigenvalue weighted by atomic mass is 32.2. The van der Waals surface area contributed by atoms with Crippen molar-refractivity contribution in [2.75, 3.05) is 18.9 Å². The number of nitrogens with one attached hydrogen (secondary N) is 1. The maximum atomic E-state index is 12.9. The standard InChI is InChI=1S/C26H25N3O6S.C5H10/c1-3-4-5-14-28(2)36(35)22-11-7-9-20(16-22)25(30)27-24-13-12-19(17-23(24)26(31)32)18-8-6-10-21(15-18)29(33)34;1-4-5(2)3/h3-4,6-13,15-17H,5,14H2,1-2H3,(H,27,30)(H,31,32);2,4H2,1,3H3/b4-3+;. The fourth-order valence-electron chi connectivity index (χ4n) is 3.44. The molecule has 0 saturated carbocycles. The van der Waals surface area contributed by atoms with E-state index in [-0.39, 0.29) is 22.5 Å². The van der Waals surface area contributed by atoms with Crippen LogP contribution in [0.1, 0.15) is 54.3 Å². The molecule has 10 heteroatoms. The first-order valence-electron chi connectivity index (χ1n) is 12.9. The summed E-state index contributed by atoms with van der Waals surface area (Å²) in [6.45, 7) is 10.3. The van der Waals surface area contributed by atoms with Crippen molar-refractivity contribution in [3.05, 3.63) is 112 Å². The Morgan fingerprint density at radius 2 is 1.76 bits per heavy atom. The second-order valence-corrected chi connectivity index (χ2v) is 10.7. The molecule has 0 radical (unpaired) electrons. The van der Waals surface area contributed by atoms with Gasteiger partial charge in [-0.05, 0) is 68.1 Å². The van der Waals surface area contributed by atoms with Crippen molar-refractivity contribution in [1.82, 2.24) is 4.31 Å². The summed E-state index contributed by atoms with van der Waals surface area (Å²) >= 11 is 0. The normalized spacial score (nSPS) is 11.4. The Morgan fingerprint density at radius 1 is 1.10 bits per heavy atom. The molecule has 0 aliphatic carbocycles. The second kappa shape index (κ2) is 16.0. The molecule has 41 heavy (non-hydrogen) atoms. The van der Waals surface area contributed by atoms with Crippen molar-refractivity contribution < 1.29 is 23.8 Å². The first-order chi connectivity index (χ1) is 19.5. The van der Waals surface area contributed by atoms with Gasteiger partial charge in [0.15, 0.2) is 0 Å². The number of carbonyl (C=O) groups is 2. The van der Waals surface area contributed by atoms with Gasteiger partial charge in [-0.15, -0.1) is 6.58 Å². The first-order valence-corrected chi connectivity index (χ1v) is 14.0. The lowest BCUT2D eigenvalue weighted by Crippen LogP contribution is -2.22. The van der Waals surface area contributed by atoms with Crippen LogP contribution in [0, 0.1) is 10.1 Å².